The second-order valence-corrected chi connectivity index (χ2v) is 5.05. The van der Waals surface area contributed by atoms with Gasteiger partial charge in [0.15, 0.2) is 0 Å². The molecular formula is C16H14N2O2. The van der Waals surface area contributed by atoms with E-state index in [1.165, 1.54) is 6.07 Å². The first kappa shape index (κ1) is 12.5. The Morgan fingerprint density at radius 2 is 1.70 bits per heavy atom. The van der Waals surface area contributed by atoms with Crippen molar-refractivity contribution in [3.63, 3.8) is 0 Å². The van der Waals surface area contributed by atoms with E-state index in [1.807, 2.05) is 30.3 Å². The van der Waals surface area contributed by atoms with Crippen molar-refractivity contribution in [2.75, 3.05) is 0 Å². The SMILES string of the molecule is N=C1Cc2ccccc2C(c2ccccc2[N+](=O)[O-])C1. The van der Waals surface area contributed by atoms with Crippen LogP contribution >= 0.6 is 0 Å². The van der Waals surface area contributed by atoms with Gasteiger partial charge in [-0.3, -0.25) is 10.1 Å². The van der Waals surface area contributed by atoms with Crippen LogP contribution in [0.1, 0.15) is 29.0 Å². The molecule has 1 unspecified atom stereocenters. The predicted molar refractivity (Wildman–Crippen MR) is 77.4 cm³/mol. The molecule has 2 aromatic carbocycles. The van der Waals surface area contributed by atoms with E-state index >= 15 is 0 Å². The number of nitro groups is 1. The van der Waals surface area contributed by atoms with Crippen molar-refractivity contribution >= 4 is 11.4 Å². The highest BCUT2D eigenvalue weighted by molar-refractivity contribution is 5.87. The molecule has 1 N–H and O–H groups in total. The van der Waals surface area contributed by atoms with Crippen LogP contribution in [0.5, 0.6) is 0 Å². The van der Waals surface area contributed by atoms with Gasteiger partial charge >= 0.3 is 0 Å². The van der Waals surface area contributed by atoms with Gasteiger partial charge in [-0.25, -0.2) is 0 Å². The molecule has 0 radical (unpaired) electrons. The minimum Gasteiger partial charge on any atom is -0.309 e. The lowest BCUT2D eigenvalue weighted by Crippen LogP contribution is -2.19. The van der Waals surface area contributed by atoms with E-state index in [4.69, 9.17) is 5.41 Å². The Morgan fingerprint density at radius 3 is 2.45 bits per heavy atom. The molecule has 4 nitrogen and oxygen atoms in total. The van der Waals surface area contributed by atoms with Crippen molar-refractivity contribution in [3.05, 3.63) is 75.3 Å². The van der Waals surface area contributed by atoms with Gasteiger partial charge in [0.05, 0.1) is 4.92 Å². The maximum atomic E-state index is 11.2. The fourth-order valence-electron chi connectivity index (χ4n) is 2.92. The highest BCUT2D eigenvalue weighted by atomic mass is 16.6. The second-order valence-electron chi connectivity index (χ2n) is 5.05. The third-order valence-electron chi connectivity index (χ3n) is 3.79. The molecule has 0 bridgehead atoms. The summed E-state index contributed by atoms with van der Waals surface area (Å²) in [5.74, 6) is -0.0888. The van der Waals surface area contributed by atoms with Crippen LogP contribution in [0.3, 0.4) is 0 Å². The molecule has 3 rings (SSSR count). The minimum atomic E-state index is -0.337. The molecule has 0 amide bonds. The average molecular weight is 266 g/mol. The first-order valence-corrected chi connectivity index (χ1v) is 6.54. The van der Waals surface area contributed by atoms with E-state index in [1.54, 1.807) is 12.1 Å². The zero-order valence-corrected chi connectivity index (χ0v) is 10.9. The van der Waals surface area contributed by atoms with E-state index < -0.39 is 0 Å². The third kappa shape index (κ3) is 2.09. The topological polar surface area (TPSA) is 67.0 Å². The van der Waals surface area contributed by atoms with Crippen LogP contribution in [-0.4, -0.2) is 10.6 Å². The summed E-state index contributed by atoms with van der Waals surface area (Å²) >= 11 is 0. The van der Waals surface area contributed by atoms with Gasteiger partial charge in [-0.05, 0) is 17.5 Å². The smallest absolute Gasteiger partial charge is 0.273 e. The zero-order valence-electron chi connectivity index (χ0n) is 10.9. The molecule has 0 saturated heterocycles. The van der Waals surface area contributed by atoms with Crippen LogP contribution in [-0.2, 0) is 6.42 Å². The van der Waals surface area contributed by atoms with E-state index in [-0.39, 0.29) is 16.5 Å². The first-order valence-electron chi connectivity index (χ1n) is 6.54. The second kappa shape index (κ2) is 4.89. The number of nitro benzene ring substituents is 1. The molecular weight excluding hydrogens is 252 g/mol. The maximum absolute atomic E-state index is 11.2. The van der Waals surface area contributed by atoms with Crippen LogP contribution in [0.4, 0.5) is 5.69 Å². The third-order valence-corrected chi connectivity index (χ3v) is 3.79. The number of para-hydroxylation sites is 1. The molecule has 0 saturated carbocycles. The monoisotopic (exact) mass is 266 g/mol. The Balaban J connectivity index is 2.16. The lowest BCUT2D eigenvalue weighted by Gasteiger charge is -2.26. The first-order chi connectivity index (χ1) is 9.66. The zero-order chi connectivity index (χ0) is 14.1. The molecule has 100 valence electrons. The Labute approximate surface area is 116 Å². The van der Waals surface area contributed by atoms with Crippen molar-refractivity contribution in [1.29, 1.82) is 5.41 Å². The van der Waals surface area contributed by atoms with Crippen molar-refractivity contribution in [1.82, 2.24) is 0 Å². The Kier molecular flexibility index (Phi) is 3.06. The molecule has 4 heteroatoms. The normalized spacial score (nSPS) is 17.6. The van der Waals surface area contributed by atoms with Gasteiger partial charge in [-0.1, -0.05) is 42.5 Å². The molecule has 1 atom stereocenters. The van der Waals surface area contributed by atoms with E-state index in [2.05, 4.69) is 0 Å². The Bertz CT molecular complexity index is 694. The number of hydrogen-bond donors (Lipinski definition) is 1. The highest BCUT2D eigenvalue weighted by Crippen LogP contribution is 2.38. The van der Waals surface area contributed by atoms with Gasteiger partial charge in [0, 0.05) is 29.7 Å². The summed E-state index contributed by atoms with van der Waals surface area (Å²) in [7, 11) is 0. The number of rotatable bonds is 2. The quantitative estimate of drug-likeness (QED) is 0.665. The summed E-state index contributed by atoms with van der Waals surface area (Å²) in [5.41, 5.74) is 3.69. The number of benzene rings is 2. The van der Waals surface area contributed by atoms with Crippen LogP contribution < -0.4 is 0 Å². The van der Waals surface area contributed by atoms with Gasteiger partial charge in [0.25, 0.3) is 5.69 Å². The molecule has 20 heavy (non-hydrogen) atoms. The van der Waals surface area contributed by atoms with Crippen molar-refractivity contribution in [2.45, 2.75) is 18.8 Å². The molecule has 0 aromatic heterocycles. The number of nitrogens with one attached hydrogen (secondary N) is 1. The fraction of sp³-hybridized carbons (Fsp3) is 0.188. The standard InChI is InChI=1S/C16H14N2O2/c17-12-9-11-5-1-2-6-13(11)15(10-12)14-7-3-4-8-16(14)18(19)20/h1-8,15,17H,9-10H2. The molecule has 1 aliphatic rings. The number of fused-ring (bicyclic) bond motifs is 1. The Hall–Kier alpha value is -2.49. The maximum Gasteiger partial charge on any atom is 0.273 e. The molecule has 0 fully saturated rings. The summed E-state index contributed by atoms with van der Waals surface area (Å²) in [5, 5.41) is 19.2. The molecule has 1 aliphatic carbocycles. The molecule has 0 aliphatic heterocycles. The molecule has 2 aromatic rings. The summed E-state index contributed by atoms with van der Waals surface area (Å²) < 4.78 is 0. The summed E-state index contributed by atoms with van der Waals surface area (Å²) in [6, 6.07) is 14.8. The number of hydrogen-bond acceptors (Lipinski definition) is 3. The van der Waals surface area contributed by atoms with E-state index in [0.717, 1.165) is 11.1 Å². The minimum absolute atomic E-state index is 0.0888. The average Bonchev–Trinajstić information content (AvgIpc) is 2.46. The largest absolute Gasteiger partial charge is 0.309 e. The van der Waals surface area contributed by atoms with Gasteiger partial charge < -0.3 is 5.41 Å². The van der Waals surface area contributed by atoms with E-state index in [0.29, 0.717) is 24.1 Å². The highest BCUT2D eigenvalue weighted by Gasteiger charge is 2.29. The summed E-state index contributed by atoms with van der Waals surface area (Å²) in [6.45, 7) is 0. The van der Waals surface area contributed by atoms with E-state index in [9.17, 15) is 10.1 Å². The fourth-order valence-corrected chi connectivity index (χ4v) is 2.92. The number of nitrogens with zero attached hydrogens (tertiary/aromatic N) is 1. The van der Waals surface area contributed by atoms with Crippen molar-refractivity contribution in [3.8, 4) is 0 Å². The Morgan fingerprint density at radius 1 is 1.05 bits per heavy atom. The van der Waals surface area contributed by atoms with Gasteiger partial charge in [0.1, 0.15) is 0 Å². The van der Waals surface area contributed by atoms with Crippen LogP contribution in [0.2, 0.25) is 0 Å². The van der Waals surface area contributed by atoms with Crippen molar-refractivity contribution < 1.29 is 4.92 Å². The van der Waals surface area contributed by atoms with Gasteiger partial charge in [-0.2, -0.15) is 0 Å². The summed E-state index contributed by atoms with van der Waals surface area (Å²) in [4.78, 5) is 10.9. The lowest BCUT2D eigenvalue weighted by atomic mass is 9.77. The van der Waals surface area contributed by atoms with Gasteiger partial charge in [-0.15, -0.1) is 0 Å². The molecule has 0 spiro atoms. The van der Waals surface area contributed by atoms with Crippen molar-refractivity contribution in [2.24, 2.45) is 0 Å². The van der Waals surface area contributed by atoms with Gasteiger partial charge in [0.2, 0.25) is 0 Å². The molecule has 0 heterocycles. The lowest BCUT2D eigenvalue weighted by molar-refractivity contribution is -0.385. The van der Waals surface area contributed by atoms with Crippen LogP contribution in [0.15, 0.2) is 48.5 Å². The predicted octanol–water partition coefficient (Wildman–Crippen LogP) is 3.69. The van der Waals surface area contributed by atoms with Crippen LogP contribution in [0.25, 0.3) is 0 Å². The van der Waals surface area contributed by atoms with Crippen LogP contribution in [0, 0.1) is 15.5 Å². The summed E-state index contributed by atoms with van der Waals surface area (Å²) in [6.07, 6.45) is 1.20.